The third-order valence-corrected chi connectivity index (χ3v) is 3.18. The molecule has 1 aromatic rings. The number of aryl methyl sites for hydroxylation is 2. The van der Waals surface area contributed by atoms with Gasteiger partial charge < -0.3 is 15.4 Å². The highest BCUT2D eigenvalue weighted by Gasteiger charge is 2.06. The largest absolute Gasteiger partial charge is 0.491 e. The molecule has 0 heterocycles. The zero-order valence-corrected chi connectivity index (χ0v) is 13.2. The maximum absolute atomic E-state index is 11.5. The molecule has 0 aliphatic rings. The summed E-state index contributed by atoms with van der Waals surface area (Å²) in [7, 11) is 0. The van der Waals surface area contributed by atoms with Gasteiger partial charge in [0.2, 0.25) is 0 Å². The van der Waals surface area contributed by atoms with Crippen LogP contribution in [0.15, 0.2) is 12.1 Å². The highest BCUT2D eigenvalue weighted by molar-refractivity contribution is 5.73. The van der Waals surface area contributed by atoms with Crippen molar-refractivity contribution in [1.29, 1.82) is 0 Å². The van der Waals surface area contributed by atoms with Gasteiger partial charge in [-0.05, 0) is 43.4 Å². The molecule has 0 unspecified atom stereocenters. The maximum atomic E-state index is 11.5. The van der Waals surface area contributed by atoms with Gasteiger partial charge >= 0.3 is 6.03 Å². The molecule has 0 saturated heterocycles. The minimum atomic E-state index is -0.139. The van der Waals surface area contributed by atoms with Crippen molar-refractivity contribution in [3.8, 4) is 5.75 Å². The number of carbonyl (C=O) groups excluding carboxylic acids is 1. The molecule has 0 spiro atoms. The molecule has 20 heavy (non-hydrogen) atoms. The summed E-state index contributed by atoms with van der Waals surface area (Å²) in [6.07, 6.45) is 0. The van der Waals surface area contributed by atoms with Gasteiger partial charge in [-0.15, -0.1) is 0 Å². The van der Waals surface area contributed by atoms with Gasteiger partial charge in [0.1, 0.15) is 12.4 Å². The number of ether oxygens (including phenoxy) is 1. The zero-order valence-electron chi connectivity index (χ0n) is 13.2. The van der Waals surface area contributed by atoms with E-state index in [1.165, 1.54) is 5.56 Å². The number of urea groups is 1. The van der Waals surface area contributed by atoms with E-state index in [0.29, 0.717) is 25.6 Å². The lowest BCUT2D eigenvalue weighted by molar-refractivity contribution is 0.235. The van der Waals surface area contributed by atoms with Gasteiger partial charge in [0, 0.05) is 6.54 Å². The Bertz CT molecular complexity index is 456. The summed E-state index contributed by atoms with van der Waals surface area (Å²) >= 11 is 0. The lowest BCUT2D eigenvalue weighted by Crippen LogP contribution is -2.39. The van der Waals surface area contributed by atoms with E-state index >= 15 is 0 Å². The van der Waals surface area contributed by atoms with E-state index in [-0.39, 0.29) is 6.03 Å². The molecule has 0 bridgehead atoms. The summed E-state index contributed by atoms with van der Waals surface area (Å²) in [5, 5.41) is 5.59. The molecular formula is C16H26N2O2. The normalized spacial score (nSPS) is 10.5. The minimum absolute atomic E-state index is 0.139. The molecular weight excluding hydrogens is 252 g/mol. The van der Waals surface area contributed by atoms with Crippen molar-refractivity contribution >= 4 is 6.03 Å². The molecule has 2 amide bonds. The van der Waals surface area contributed by atoms with Crippen LogP contribution in [0.5, 0.6) is 5.75 Å². The first-order chi connectivity index (χ1) is 9.41. The second-order valence-electron chi connectivity index (χ2n) is 5.53. The fraction of sp³-hybridized carbons (Fsp3) is 0.562. The Kier molecular flexibility index (Phi) is 6.36. The van der Waals surface area contributed by atoms with Crippen LogP contribution in [0, 0.1) is 26.7 Å². The van der Waals surface area contributed by atoms with Crippen molar-refractivity contribution in [3.63, 3.8) is 0 Å². The highest BCUT2D eigenvalue weighted by atomic mass is 16.5. The van der Waals surface area contributed by atoms with Gasteiger partial charge in [-0.1, -0.05) is 26.0 Å². The maximum Gasteiger partial charge on any atom is 0.314 e. The van der Waals surface area contributed by atoms with Crippen molar-refractivity contribution in [3.05, 3.63) is 28.8 Å². The summed E-state index contributed by atoms with van der Waals surface area (Å²) in [6.45, 7) is 11.9. The third-order valence-electron chi connectivity index (χ3n) is 3.18. The van der Waals surface area contributed by atoms with E-state index in [4.69, 9.17) is 4.74 Å². The average Bonchev–Trinajstić information content (AvgIpc) is 2.40. The zero-order chi connectivity index (χ0) is 15.1. The van der Waals surface area contributed by atoms with E-state index in [9.17, 15) is 4.79 Å². The molecule has 4 heteroatoms. The highest BCUT2D eigenvalue weighted by Crippen LogP contribution is 2.25. The Balaban J connectivity index is 2.35. The summed E-state index contributed by atoms with van der Waals surface area (Å²) in [6, 6.07) is 4.01. The predicted molar refractivity (Wildman–Crippen MR) is 82.4 cm³/mol. The number of amides is 2. The molecule has 0 aliphatic heterocycles. The fourth-order valence-electron chi connectivity index (χ4n) is 1.82. The molecule has 0 saturated carbocycles. The molecule has 0 atom stereocenters. The summed E-state index contributed by atoms with van der Waals surface area (Å²) in [4.78, 5) is 11.5. The van der Waals surface area contributed by atoms with E-state index in [2.05, 4.69) is 50.5 Å². The lowest BCUT2D eigenvalue weighted by atomic mass is 10.1. The quantitative estimate of drug-likeness (QED) is 0.786. The van der Waals surface area contributed by atoms with Crippen molar-refractivity contribution < 1.29 is 9.53 Å². The summed E-state index contributed by atoms with van der Waals surface area (Å²) in [5.41, 5.74) is 3.50. The van der Waals surface area contributed by atoms with Crippen LogP contribution in [0.25, 0.3) is 0 Å². The van der Waals surface area contributed by atoms with E-state index in [1.807, 2.05) is 6.92 Å². The minimum Gasteiger partial charge on any atom is -0.491 e. The Hall–Kier alpha value is -1.71. The van der Waals surface area contributed by atoms with Crippen molar-refractivity contribution in [2.75, 3.05) is 19.7 Å². The first-order valence-electron chi connectivity index (χ1n) is 7.13. The molecule has 1 rings (SSSR count). The van der Waals surface area contributed by atoms with E-state index < -0.39 is 0 Å². The fourth-order valence-corrected chi connectivity index (χ4v) is 1.82. The van der Waals surface area contributed by atoms with Gasteiger partial charge in [0.25, 0.3) is 0 Å². The standard InChI is InChI=1S/C16H26N2O2/c1-11(2)10-18-16(19)17-8-9-20-15-13(4)7-6-12(3)14(15)5/h6-7,11H,8-10H2,1-5H3,(H2,17,18,19). The van der Waals surface area contributed by atoms with E-state index in [1.54, 1.807) is 0 Å². The van der Waals surface area contributed by atoms with Crippen molar-refractivity contribution in [1.82, 2.24) is 10.6 Å². The first-order valence-corrected chi connectivity index (χ1v) is 7.13. The summed E-state index contributed by atoms with van der Waals surface area (Å²) < 4.78 is 5.78. The molecule has 112 valence electrons. The monoisotopic (exact) mass is 278 g/mol. The van der Waals surface area contributed by atoms with Crippen LogP contribution >= 0.6 is 0 Å². The van der Waals surface area contributed by atoms with Gasteiger partial charge in [0.05, 0.1) is 6.54 Å². The van der Waals surface area contributed by atoms with Gasteiger partial charge in [0.15, 0.2) is 0 Å². The SMILES string of the molecule is Cc1ccc(C)c(OCCNC(=O)NCC(C)C)c1C. The smallest absolute Gasteiger partial charge is 0.314 e. The Labute approximate surface area is 121 Å². The topological polar surface area (TPSA) is 50.4 Å². The number of hydrogen-bond acceptors (Lipinski definition) is 2. The third kappa shape index (κ3) is 5.11. The molecule has 4 nitrogen and oxygen atoms in total. The van der Waals surface area contributed by atoms with Crippen LogP contribution in [-0.4, -0.2) is 25.7 Å². The van der Waals surface area contributed by atoms with Crippen LogP contribution in [0.2, 0.25) is 0 Å². The first kappa shape index (κ1) is 16.3. The molecule has 0 aliphatic carbocycles. The Morgan fingerprint density at radius 2 is 1.80 bits per heavy atom. The van der Waals surface area contributed by atoms with Crippen molar-refractivity contribution in [2.45, 2.75) is 34.6 Å². The second kappa shape index (κ2) is 7.78. The predicted octanol–water partition coefficient (Wildman–Crippen LogP) is 2.95. The van der Waals surface area contributed by atoms with Gasteiger partial charge in [-0.2, -0.15) is 0 Å². The second-order valence-corrected chi connectivity index (χ2v) is 5.53. The lowest BCUT2D eigenvalue weighted by Gasteiger charge is -2.14. The van der Waals surface area contributed by atoms with Crippen LogP contribution in [-0.2, 0) is 0 Å². The van der Waals surface area contributed by atoms with Gasteiger partial charge in [-0.25, -0.2) is 4.79 Å². The molecule has 2 N–H and O–H groups in total. The van der Waals surface area contributed by atoms with Crippen LogP contribution in [0.3, 0.4) is 0 Å². The number of hydrogen-bond donors (Lipinski definition) is 2. The number of rotatable bonds is 6. The molecule has 0 fully saturated rings. The molecule has 0 radical (unpaired) electrons. The Morgan fingerprint density at radius 3 is 2.45 bits per heavy atom. The molecule has 0 aromatic heterocycles. The van der Waals surface area contributed by atoms with Crippen LogP contribution in [0.1, 0.15) is 30.5 Å². The Morgan fingerprint density at radius 1 is 1.15 bits per heavy atom. The average molecular weight is 278 g/mol. The number of nitrogens with one attached hydrogen (secondary N) is 2. The van der Waals surface area contributed by atoms with Gasteiger partial charge in [-0.3, -0.25) is 0 Å². The van der Waals surface area contributed by atoms with Crippen molar-refractivity contribution in [2.24, 2.45) is 5.92 Å². The van der Waals surface area contributed by atoms with Crippen LogP contribution in [0.4, 0.5) is 4.79 Å². The molecule has 1 aromatic carbocycles. The number of carbonyl (C=O) groups is 1. The van der Waals surface area contributed by atoms with Crippen LogP contribution < -0.4 is 15.4 Å². The summed E-state index contributed by atoms with van der Waals surface area (Å²) in [5.74, 6) is 1.38. The van der Waals surface area contributed by atoms with E-state index in [0.717, 1.165) is 16.9 Å². The number of benzene rings is 1.